The van der Waals surface area contributed by atoms with Gasteiger partial charge in [-0.15, -0.1) is 0 Å². The van der Waals surface area contributed by atoms with Gasteiger partial charge in [0.05, 0.1) is 0 Å². The second-order valence-corrected chi connectivity index (χ2v) is 16.0. The van der Waals surface area contributed by atoms with Gasteiger partial charge < -0.3 is 10.6 Å². The molecule has 4 aromatic rings. The van der Waals surface area contributed by atoms with Crippen molar-refractivity contribution in [2.75, 3.05) is 10.6 Å². The van der Waals surface area contributed by atoms with Gasteiger partial charge in [0.25, 0.3) is 4.45 Å². The second-order valence-electron chi connectivity index (χ2n) is 13.7. The van der Waals surface area contributed by atoms with Crippen molar-refractivity contribution in [2.45, 2.75) is 87.8 Å². The number of carbonyl (C=O) groups excluding carboxylic acids is 3. The van der Waals surface area contributed by atoms with E-state index in [2.05, 4.69) is 24.5 Å². The lowest BCUT2D eigenvalue weighted by Gasteiger charge is -2.32. The number of amides is 2. The molecule has 2 fully saturated rings. The molecule has 2 aliphatic rings. The fourth-order valence-corrected chi connectivity index (χ4v) is 9.01. The van der Waals surface area contributed by atoms with Crippen molar-refractivity contribution < 1.29 is 14.4 Å². The van der Waals surface area contributed by atoms with E-state index in [-0.39, 0.29) is 27.1 Å². The van der Waals surface area contributed by atoms with Gasteiger partial charge in [0.2, 0.25) is 11.8 Å². The van der Waals surface area contributed by atoms with Gasteiger partial charge in [0, 0.05) is 43.1 Å². The van der Waals surface area contributed by atoms with E-state index in [0.29, 0.717) is 0 Å². The molecule has 2 saturated carbocycles. The Kier molecular flexibility index (Phi) is 10.8. The molecule has 0 aliphatic heterocycles. The minimum absolute atomic E-state index is 0.0624. The average Bonchev–Trinajstić information content (AvgIpc) is 3.10. The summed E-state index contributed by atoms with van der Waals surface area (Å²) >= 11 is 2.39. The maximum atomic E-state index is 13.8. The topological polar surface area (TPSA) is 75.3 Å². The molecule has 5 nitrogen and oxygen atoms in total. The average molecular weight is 677 g/mol. The van der Waals surface area contributed by atoms with Crippen molar-refractivity contribution in [3.8, 4) is 22.3 Å². The first-order valence-corrected chi connectivity index (χ1v) is 18.8. The van der Waals surface area contributed by atoms with E-state index < -0.39 is 0 Å². The fraction of sp³-hybridized carbons (Fsp3) is 0.341. The Morgan fingerprint density at radius 3 is 1.21 bits per heavy atom. The van der Waals surface area contributed by atoms with Crippen molar-refractivity contribution in [1.82, 2.24) is 0 Å². The summed E-state index contributed by atoms with van der Waals surface area (Å²) in [5.74, 6) is 0.125. The van der Waals surface area contributed by atoms with E-state index in [4.69, 9.17) is 0 Å². The largest absolute Gasteiger partial charge is 0.325 e. The van der Waals surface area contributed by atoms with E-state index in [9.17, 15) is 14.4 Å². The summed E-state index contributed by atoms with van der Waals surface area (Å²) in [6.07, 6.45) is 10.3. The summed E-state index contributed by atoms with van der Waals surface area (Å²) in [4.78, 5) is 42.3. The SMILES string of the molecule is CC1(C(=O)Nc2ccccc2-c2ccccc2SC(=O)Sc2ccccc2-c2ccccc2NC(=O)C2(C)CCCCC2)CCCCC1. The number of rotatable bonds is 8. The lowest BCUT2D eigenvalue weighted by molar-refractivity contribution is -0.127. The number of nitrogens with one attached hydrogen (secondary N) is 2. The first-order chi connectivity index (χ1) is 23.3. The van der Waals surface area contributed by atoms with Crippen molar-refractivity contribution in [3.63, 3.8) is 0 Å². The predicted molar refractivity (Wildman–Crippen MR) is 201 cm³/mol. The first kappa shape index (κ1) is 34.1. The Bertz CT molecular complexity index is 1660. The van der Waals surface area contributed by atoms with Crippen LogP contribution in [0.1, 0.15) is 78.1 Å². The van der Waals surface area contributed by atoms with E-state index in [1.165, 1.54) is 36.4 Å². The molecule has 0 bridgehead atoms. The maximum Gasteiger partial charge on any atom is 0.255 e. The van der Waals surface area contributed by atoms with Crippen LogP contribution in [0.2, 0.25) is 0 Å². The summed E-state index contributed by atoms with van der Waals surface area (Å²) in [7, 11) is 0. The van der Waals surface area contributed by atoms with Crippen LogP contribution in [0.15, 0.2) is 107 Å². The Labute approximate surface area is 293 Å². The lowest BCUT2D eigenvalue weighted by atomic mass is 9.75. The second kappa shape index (κ2) is 15.2. The number of para-hydroxylation sites is 2. The smallest absolute Gasteiger partial charge is 0.255 e. The third-order valence-corrected chi connectivity index (χ3v) is 12.1. The number of anilines is 2. The molecule has 0 atom stereocenters. The Morgan fingerprint density at radius 2 is 0.812 bits per heavy atom. The molecule has 0 saturated heterocycles. The molecule has 4 aromatic carbocycles. The van der Waals surface area contributed by atoms with Crippen LogP contribution in [0.5, 0.6) is 0 Å². The van der Waals surface area contributed by atoms with Gasteiger partial charge in [-0.3, -0.25) is 14.4 Å². The number of thioether (sulfide) groups is 2. The highest BCUT2D eigenvalue weighted by Gasteiger charge is 2.36. The number of benzene rings is 4. The molecule has 0 radical (unpaired) electrons. The molecule has 0 aromatic heterocycles. The quantitative estimate of drug-likeness (QED) is 0.182. The fourth-order valence-electron chi connectivity index (χ4n) is 7.08. The molecular formula is C41H44N2O3S2. The van der Waals surface area contributed by atoms with Crippen LogP contribution in [-0.2, 0) is 9.59 Å². The minimum Gasteiger partial charge on any atom is -0.325 e. The van der Waals surface area contributed by atoms with Gasteiger partial charge in [0.1, 0.15) is 0 Å². The summed E-state index contributed by atoms with van der Waals surface area (Å²) in [6.45, 7) is 4.15. The highest BCUT2D eigenvalue weighted by Crippen LogP contribution is 2.44. The van der Waals surface area contributed by atoms with Crippen molar-refractivity contribution in [3.05, 3.63) is 97.1 Å². The van der Waals surface area contributed by atoms with E-state index in [1.807, 2.05) is 97.1 Å². The van der Waals surface area contributed by atoms with E-state index in [1.54, 1.807) is 0 Å². The van der Waals surface area contributed by atoms with E-state index >= 15 is 0 Å². The first-order valence-electron chi connectivity index (χ1n) is 17.2. The van der Waals surface area contributed by atoms with Gasteiger partial charge in [-0.25, -0.2) is 0 Å². The van der Waals surface area contributed by atoms with Crippen molar-refractivity contribution >= 4 is 51.2 Å². The van der Waals surface area contributed by atoms with Gasteiger partial charge >= 0.3 is 0 Å². The molecular weight excluding hydrogens is 633 g/mol. The van der Waals surface area contributed by atoms with Crippen LogP contribution in [0.3, 0.4) is 0 Å². The van der Waals surface area contributed by atoms with Crippen molar-refractivity contribution in [1.29, 1.82) is 0 Å². The monoisotopic (exact) mass is 676 g/mol. The normalized spacial score (nSPS) is 16.9. The Morgan fingerprint density at radius 1 is 0.479 bits per heavy atom. The maximum absolute atomic E-state index is 13.8. The third kappa shape index (κ3) is 7.74. The number of carbonyl (C=O) groups is 3. The standard InChI is InChI=1S/C41H44N2O3S2/c1-40(25-13-3-14-26-40)37(44)42-33-21-9-5-17-29(33)31-19-7-11-23-35(31)47-39(46)48-36-24-12-8-20-32(36)30-18-6-10-22-34(30)43-38(45)41(2)27-15-4-16-28-41/h5-12,17-24H,3-4,13-16,25-28H2,1-2H3,(H,42,44)(H,43,45). The van der Waals surface area contributed by atoms with Crippen LogP contribution < -0.4 is 10.6 Å². The summed E-state index contributed by atoms with van der Waals surface area (Å²) < 4.78 is -0.0673. The van der Waals surface area contributed by atoms with Gasteiger partial charge in [-0.2, -0.15) is 0 Å². The van der Waals surface area contributed by atoms with Crippen molar-refractivity contribution in [2.24, 2.45) is 10.8 Å². The molecule has 7 heteroatoms. The van der Waals surface area contributed by atoms with Crippen LogP contribution in [0.4, 0.5) is 16.2 Å². The molecule has 2 amide bonds. The molecule has 0 unspecified atom stereocenters. The number of hydrogen-bond donors (Lipinski definition) is 2. The summed E-state index contributed by atoms with van der Waals surface area (Å²) in [6, 6.07) is 31.4. The highest BCUT2D eigenvalue weighted by atomic mass is 32.2. The predicted octanol–water partition coefficient (Wildman–Crippen LogP) is 11.8. The van der Waals surface area contributed by atoms with E-state index in [0.717, 1.165) is 94.8 Å². The summed E-state index contributed by atoms with van der Waals surface area (Å²) in [5.41, 5.74) is 4.37. The van der Waals surface area contributed by atoms with Crippen LogP contribution >= 0.6 is 23.5 Å². The van der Waals surface area contributed by atoms with Gasteiger partial charge in [-0.05, 0) is 84.6 Å². The zero-order chi connectivity index (χ0) is 33.6. The third-order valence-electron chi connectivity index (χ3n) is 10.1. The molecule has 2 N–H and O–H groups in total. The summed E-state index contributed by atoms with van der Waals surface area (Å²) in [5, 5.41) is 6.48. The molecule has 2 aliphatic carbocycles. The van der Waals surface area contributed by atoms with Crippen LogP contribution in [0, 0.1) is 10.8 Å². The van der Waals surface area contributed by atoms with Crippen LogP contribution in [-0.4, -0.2) is 16.3 Å². The van der Waals surface area contributed by atoms with Gasteiger partial charge in [-0.1, -0.05) is 125 Å². The zero-order valence-electron chi connectivity index (χ0n) is 27.8. The molecule has 48 heavy (non-hydrogen) atoms. The Hall–Kier alpha value is -3.81. The zero-order valence-corrected chi connectivity index (χ0v) is 29.5. The van der Waals surface area contributed by atoms with Gasteiger partial charge in [0.15, 0.2) is 0 Å². The number of hydrogen-bond acceptors (Lipinski definition) is 5. The minimum atomic E-state index is -0.366. The Balaban J connectivity index is 1.22. The highest BCUT2D eigenvalue weighted by molar-refractivity contribution is 8.38. The van der Waals surface area contributed by atoms with Crippen LogP contribution in [0.25, 0.3) is 22.3 Å². The molecule has 248 valence electrons. The molecule has 0 spiro atoms. The molecule has 0 heterocycles. The lowest BCUT2D eigenvalue weighted by Crippen LogP contribution is -2.35. The molecule has 6 rings (SSSR count).